The van der Waals surface area contributed by atoms with Crippen LogP contribution in [0.1, 0.15) is 10.4 Å². The average molecular weight is 513 g/mol. The average Bonchev–Trinajstić information content (AvgIpc) is 3.19. The number of carbonyl (C=O) groups excluding carboxylic acids is 1. The molecule has 160 valence electrons. The van der Waals surface area contributed by atoms with Gasteiger partial charge in [0.05, 0.1) is 9.40 Å². The van der Waals surface area contributed by atoms with Gasteiger partial charge in [-0.05, 0) is 76.7 Å². The molecule has 0 radical (unpaired) electrons. The summed E-state index contributed by atoms with van der Waals surface area (Å²) in [5.74, 6) is -0.00682. The lowest BCUT2D eigenvalue weighted by Crippen LogP contribution is -2.34. The van der Waals surface area contributed by atoms with Crippen LogP contribution < -0.4 is 10.6 Å². The van der Waals surface area contributed by atoms with Crippen molar-refractivity contribution in [2.45, 2.75) is 0 Å². The molecule has 9 nitrogen and oxygen atoms in total. The number of aromatic hydroxyl groups is 1. The lowest BCUT2D eigenvalue weighted by atomic mass is 10.2. The highest BCUT2D eigenvalue weighted by molar-refractivity contribution is 9.10. The fourth-order valence-electron chi connectivity index (χ4n) is 2.84. The van der Waals surface area contributed by atoms with Crippen LogP contribution in [0.2, 0.25) is 0 Å². The van der Waals surface area contributed by atoms with Gasteiger partial charge in [0.15, 0.2) is 10.7 Å². The normalized spacial score (nSPS) is 10.7. The van der Waals surface area contributed by atoms with Gasteiger partial charge >= 0.3 is 0 Å². The number of non-ortho nitro benzene ring substituents is 1. The van der Waals surface area contributed by atoms with E-state index in [1.54, 1.807) is 30.3 Å². The zero-order chi connectivity index (χ0) is 22.8. The molecule has 0 atom stereocenters. The number of nitrogens with zero attached hydrogens (tertiary/aromatic N) is 2. The maximum Gasteiger partial charge on any atom is 0.269 e. The van der Waals surface area contributed by atoms with E-state index < -0.39 is 10.8 Å². The van der Waals surface area contributed by atoms with Crippen molar-refractivity contribution in [3.63, 3.8) is 0 Å². The minimum absolute atomic E-state index is 0.0545. The van der Waals surface area contributed by atoms with E-state index in [9.17, 15) is 20.0 Å². The minimum atomic E-state index is -0.542. The van der Waals surface area contributed by atoms with Crippen LogP contribution in [0, 0.1) is 10.1 Å². The Balaban J connectivity index is 1.46. The van der Waals surface area contributed by atoms with Gasteiger partial charge in [-0.3, -0.25) is 20.2 Å². The fourth-order valence-corrected chi connectivity index (χ4v) is 3.43. The Morgan fingerprint density at radius 3 is 2.56 bits per heavy atom. The number of thiocarbonyl (C=S) groups is 1. The summed E-state index contributed by atoms with van der Waals surface area (Å²) in [4.78, 5) is 26.9. The van der Waals surface area contributed by atoms with Gasteiger partial charge in [-0.1, -0.05) is 0 Å². The molecule has 0 aliphatic carbocycles. The first-order valence-corrected chi connectivity index (χ1v) is 10.3. The zero-order valence-corrected chi connectivity index (χ0v) is 18.4. The maximum absolute atomic E-state index is 12.3. The highest BCUT2D eigenvalue weighted by Gasteiger charge is 2.13. The van der Waals surface area contributed by atoms with Crippen molar-refractivity contribution in [1.29, 1.82) is 0 Å². The number of benzene rings is 3. The Morgan fingerprint density at radius 1 is 1.12 bits per heavy atom. The van der Waals surface area contributed by atoms with E-state index in [0.29, 0.717) is 32.7 Å². The fraction of sp³-hybridized carbons (Fsp3) is 0. The molecule has 4 aromatic rings. The van der Waals surface area contributed by atoms with Crippen LogP contribution in [0.15, 0.2) is 69.6 Å². The highest BCUT2D eigenvalue weighted by atomic mass is 79.9. The van der Waals surface area contributed by atoms with Gasteiger partial charge in [0, 0.05) is 28.9 Å². The van der Waals surface area contributed by atoms with Gasteiger partial charge in [-0.15, -0.1) is 0 Å². The van der Waals surface area contributed by atoms with Crippen LogP contribution >= 0.6 is 28.1 Å². The molecule has 0 unspecified atom stereocenters. The van der Waals surface area contributed by atoms with Crippen molar-refractivity contribution in [3.05, 3.63) is 80.8 Å². The summed E-state index contributed by atoms with van der Waals surface area (Å²) in [6.07, 6.45) is 0. The van der Waals surface area contributed by atoms with Crippen LogP contribution in [-0.2, 0) is 0 Å². The van der Waals surface area contributed by atoms with E-state index in [1.807, 2.05) is 0 Å². The van der Waals surface area contributed by atoms with E-state index in [4.69, 9.17) is 16.6 Å². The summed E-state index contributed by atoms with van der Waals surface area (Å²) in [5.41, 5.74) is 2.51. The van der Waals surface area contributed by atoms with Gasteiger partial charge in [-0.2, -0.15) is 0 Å². The highest BCUT2D eigenvalue weighted by Crippen LogP contribution is 2.31. The number of phenolic OH excluding ortho intramolecular Hbond substituents is 1. The minimum Gasteiger partial charge on any atom is -0.507 e. The molecule has 0 saturated heterocycles. The molecule has 0 fully saturated rings. The topological polar surface area (TPSA) is 131 Å². The number of fused-ring (bicyclic) bond motifs is 1. The number of amides is 1. The summed E-state index contributed by atoms with van der Waals surface area (Å²) in [6, 6.07) is 15.2. The van der Waals surface area contributed by atoms with Crippen LogP contribution in [0.4, 0.5) is 11.4 Å². The maximum atomic E-state index is 12.3. The lowest BCUT2D eigenvalue weighted by Gasteiger charge is -2.09. The number of aromatic nitrogens is 1. The van der Waals surface area contributed by atoms with Crippen molar-refractivity contribution in [3.8, 4) is 17.2 Å². The number of phenols is 1. The number of hydrogen-bond donors (Lipinski definition) is 3. The number of carbonyl (C=O) groups is 1. The Bertz CT molecular complexity index is 1370. The van der Waals surface area contributed by atoms with Gasteiger partial charge in [-0.25, -0.2) is 4.98 Å². The second-order valence-electron chi connectivity index (χ2n) is 6.58. The van der Waals surface area contributed by atoms with E-state index in [0.717, 1.165) is 0 Å². The summed E-state index contributed by atoms with van der Waals surface area (Å²) >= 11 is 8.45. The smallest absolute Gasteiger partial charge is 0.269 e. The Kier molecular flexibility index (Phi) is 5.84. The van der Waals surface area contributed by atoms with Gasteiger partial charge in [0.25, 0.3) is 11.6 Å². The van der Waals surface area contributed by atoms with Crippen molar-refractivity contribution in [1.82, 2.24) is 10.3 Å². The first-order valence-electron chi connectivity index (χ1n) is 9.06. The number of halogens is 1. The Labute approximate surface area is 194 Å². The largest absolute Gasteiger partial charge is 0.507 e. The van der Waals surface area contributed by atoms with Gasteiger partial charge in [0.1, 0.15) is 11.3 Å². The first kappa shape index (κ1) is 21.4. The molecule has 0 saturated carbocycles. The predicted octanol–water partition coefficient (Wildman–Crippen LogP) is 5.00. The third-order valence-corrected chi connectivity index (χ3v) is 5.25. The zero-order valence-electron chi connectivity index (χ0n) is 16.0. The molecule has 11 heteroatoms. The van der Waals surface area contributed by atoms with E-state index >= 15 is 0 Å². The molecule has 0 aliphatic rings. The molecule has 1 aromatic heterocycles. The van der Waals surface area contributed by atoms with E-state index in [-0.39, 0.29) is 22.1 Å². The van der Waals surface area contributed by atoms with Crippen LogP contribution in [0.25, 0.3) is 22.6 Å². The third kappa shape index (κ3) is 4.58. The molecule has 0 spiro atoms. The summed E-state index contributed by atoms with van der Waals surface area (Å²) in [5, 5.41) is 25.8. The number of nitro benzene ring substituents is 1. The van der Waals surface area contributed by atoms with Crippen molar-refractivity contribution in [2.24, 2.45) is 0 Å². The molecular formula is C21H13BrN4O5S. The second-order valence-corrected chi connectivity index (χ2v) is 7.84. The summed E-state index contributed by atoms with van der Waals surface area (Å²) in [6.45, 7) is 0. The molecule has 3 N–H and O–H groups in total. The molecule has 3 aromatic carbocycles. The second kappa shape index (κ2) is 8.73. The number of nitrogens with one attached hydrogen (secondary N) is 2. The Morgan fingerprint density at radius 2 is 1.88 bits per heavy atom. The summed E-state index contributed by atoms with van der Waals surface area (Å²) < 4.78 is 6.29. The molecule has 4 rings (SSSR count). The number of rotatable bonds is 4. The number of hydrogen-bond acceptors (Lipinski definition) is 7. The van der Waals surface area contributed by atoms with Crippen molar-refractivity contribution < 1.29 is 19.2 Å². The van der Waals surface area contributed by atoms with Crippen LogP contribution in [0.5, 0.6) is 5.75 Å². The standard InChI is InChI=1S/C21H13BrN4O5S/c22-15-9-12(3-7-17(15)27)20-24-16-10-13(4-8-18(16)31-20)23-21(32)25-19(28)11-1-5-14(6-2-11)26(29)30/h1-10,27H,(H2,23,25,28,32). The van der Waals surface area contributed by atoms with Crippen LogP contribution in [0.3, 0.4) is 0 Å². The number of anilines is 1. The predicted molar refractivity (Wildman–Crippen MR) is 126 cm³/mol. The quantitative estimate of drug-likeness (QED) is 0.198. The Hall–Kier alpha value is -3.83. The molecular weight excluding hydrogens is 500 g/mol. The van der Waals surface area contributed by atoms with E-state index in [1.165, 1.54) is 30.3 Å². The van der Waals surface area contributed by atoms with Crippen molar-refractivity contribution >= 4 is 61.6 Å². The summed E-state index contributed by atoms with van der Waals surface area (Å²) in [7, 11) is 0. The van der Waals surface area contributed by atoms with Crippen LogP contribution in [-0.4, -0.2) is 26.0 Å². The monoisotopic (exact) mass is 512 g/mol. The van der Waals surface area contributed by atoms with Gasteiger partial charge in [0.2, 0.25) is 5.89 Å². The molecule has 1 heterocycles. The molecule has 0 bridgehead atoms. The third-order valence-electron chi connectivity index (χ3n) is 4.41. The lowest BCUT2D eigenvalue weighted by molar-refractivity contribution is -0.384. The number of oxazole rings is 1. The van der Waals surface area contributed by atoms with Gasteiger partial charge < -0.3 is 14.8 Å². The molecule has 1 amide bonds. The molecule has 0 aliphatic heterocycles. The first-order chi connectivity index (χ1) is 15.3. The number of nitro groups is 1. The van der Waals surface area contributed by atoms with E-state index in [2.05, 4.69) is 31.5 Å². The molecule has 32 heavy (non-hydrogen) atoms. The SMILES string of the molecule is O=C(NC(=S)Nc1ccc2oc(-c3ccc(O)c(Br)c3)nc2c1)c1ccc([N+](=O)[O-])cc1. The van der Waals surface area contributed by atoms with Crippen molar-refractivity contribution in [2.75, 3.05) is 5.32 Å².